The van der Waals surface area contributed by atoms with Gasteiger partial charge in [-0.25, -0.2) is 13.9 Å². The molecule has 1 atom stereocenters. The summed E-state index contributed by atoms with van der Waals surface area (Å²) < 4.78 is 13.8. The van der Waals surface area contributed by atoms with E-state index >= 15 is 0 Å². The predicted octanol–water partition coefficient (Wildman–Crippen LogP) is 2.09. The van der Waals surface area contributed by atoms with Crippen molar-refractivity contribution < 1.29 is 14.3 Å². The molecule has 1 unspecified atom stereocenters. The number of hydrogen-bond acceptors (Lipinski definition) is 3. The second-order valence-corrected chi connectivity index (χ2v) is 4.27. The summed E-state index contributed by atoms with van der Waals surface area (Å²) in [6.45, 7) is 1.66. The second-order valence-electron chi connectivity index (χ2n) is 4.27. The standard InChI is InChI=1S/C14H13FN2O3/c1-2-12(14(19)20)17-13(18)8-7-11(16-17)9-3-5-10(15)6-4-9/h3-8,12H,2H2,1H3,(H,19,20). The van der Waals surface area contributed by atoms with Crippen LogP contribution in [0.5, 0.6) is 0 Å². The Bertz CT molecular complexity index is 680. The highest BCUT2D eigenvalue weighted by Crippen LogP contribution is 2.17. The van der Waals surface area contributed by atoms with Crippen LogP contribution in [0.3, 0.4) is 0 Å². The van der Waals surface area contributed by atoms with E-state index in [1.807, 2.05) is 0 Å². The molecule has 0 aliphatic carbocycles. The summed E-state index contributed by atoms with van der Waals surface area (Å²) in [5, 5.41) is 13.2. The van der Waals surface area contributed by atoms with E-state index in [9.17, 15) is 14.0 Å². The van der Waals surface area contributed by atoms with Gasteiger partial charge in [0.2, 0.25) is 0 Å². The minimum absolute atomic E-state index is 0.245. The van der Waals surface area contributed by atoms with E-state index < -0.39 is 17.6 Å². The number of rotatable bonds is 4. The third kappa shape index (κ3) is 2.74. The molecule has 0 fully saturated rings. The van der Waals surface area contributed by atoms with Crippen LogP contribution in [0.2, 0.25) is 0 Å². The van der Waals surface area contributed by atoms with Gasteiger partial charge in [-0.05, 0) is 36.8 Å². The summed E-state index contributed by atoms with van der Waals surface area (Å²) in [6.07, 6.45) is 0.245. The Balaban J connectivity index is 2.50. The molecule has 5 nitrogen and oxygen atoms in total. The Morgan fingerprint density at radius 1 is 1.30 bits per heavy atom. The SMILES string of the molecule is CCC(C(=O)O)n1nc(-c2ccc(F)cc2)ccc1=O. The van der Waals surface area contributed by atoms with Gasteiger partial charge in [-0.3, -0.25) is 4.79 Å². The van der Waals surface area contributed by atoms with Crippen molar-refractivity contribution in [1.82, 2.24) is 9.78 Å². The van der Waals surface area contributed by atoms with Gasteiger partial charge in [0.25, 0.3) is 5.56 Å². The second kappa shape index (κ2) is 5.64. The highest BCUT2D eigenvalue weighted by atomic mass is 19.1. The smallest absolute Gasteiger partial charge is 0.328 e. The number of benzene rings is 1. The molecular weight excluding hydrogens is 263 g/mol. The summed E-state index contributed by atoms with van der Waals surface area (Å²) in [5.74, 6) is -1.49. The van der Waals surface area contributed by atoms with E-state index in [4.69, 9.17) is 5.11 Å². The van der Waals surface area contributed by atoms with Gasteiger partial charge in [0.15, 0.2) is 6.04 Å². The van der Waals surface area contributed by atoms with Crippen LogP contribution < -0.4 is 5.56 Å². The fourth-order valence-corrected chi connectivity index (χ4v) is 1.88. The lowest BCUT2D eigenvalue weighted by atomic mass is 10.1. The van der Waals surface area contributed by atoms with Crippen molar-refractivity contribution in [2.45, 2.75) is 19.4 Å². The number of nitrogens with zero attached hydrogens (tertiary/aromatic N) is 2. The molecule has 1 aromatic carbocycles. The van der Waals surface area contributed by atoms with Gasteiger partial charge in [0.05, 0.1) is 5.69 Å². The normalized spacial score (nSPS) is 12.1. The monoisotopic (exact) mass is 276 g/mol. The first-order chi connectivity index (χ1) is 9.52. The number of carboxylic acid groups (broad SMARTS) is 1. The van der Waals surface area contributed by atoms with Crippen molar-refractivity contribution in [3.8, 4) is 11.3 Å². The van der Waals surface area contributed by atoms with Crippen molar-refractivity contribution in [2.24, 2.45) is 0 Å². The van der Waals surface area contributed by atoms with E-state index in [1.54, 1.807) is 6.92 Å². The van der Waals surface area contributed by atoms with Gasteiger partial charge in [0.1, 0.15) is 5.82 Å². The summed E-state index contributed by atoms with van der Waals surface area (Å²) in [4.78, 5) is 22.9. The molecule has 1 heterocycles. The number of halogens is 1. The molecule has 0 saturated carbocycles. The number of carboxylic acids is 1. The van der Waals surface area contributed by atoms with Gasteiger partial charge in [0, 0.05) is 11.6 Å². The predicted molar refractivity (Wildman–Crippen MR) is 70.9 cm³/mol. The first kappa shape index (κ1) is 13.9. The maximum absolute atomic E-state index is 12.9. The molecule has 2 rings (SSSR count). The maximum Gasteiger partial charge on any atom is 0.328 e. The molecule has 6 heteroatoms. The number of aromatic nitrogens is 2. The molecule has 104 valence electrons. The van der Waals surface area contributed by atoms with E-state index in [0.29, 0.717) is 11.3 Å². The fraction of sp³-hybridized carbons (Fsp3) is 0.214. The maximum atomic E-state index is 12.9. The molecule has 0 amide bonds. The summed E-state index contributed by atoms with van der Waals surface area (Å²) in [6, 6.07) is 7.34. The van der Waals surface area contributed by atoms with Crippen molar-refractivity contribution >= 4 is 5.97 Å². The average molecular weight is 276 g/mol. The van der Waals surface area contributed by atoms with Gasteiger partial charge in [-0.2, -0.15) is 5.10 Å². The zero-order valence-electron chi connectivity index (χ0n) is 10.8. The fourth-order valence-electron chi connectivity index (χ4n) is 1.88. The number of aliphatic carboxylic acids is 1. The Morgan fingerprint density at radius 2 is 1.95 bits per heavy atom. The van der Waals surface area contributed by atoms with Crippen LogP contribution in [0, 0.1) is 5.82 Å². The van der Waals surface area contributed by atoms with Crippen LogP contribution in [-0.2, 0) is 4.79 Å². The molecule has 0 aliphatic heterocycles. The van der Waals surface area contributed by atoms with Crippen LogP contribution in [0.4, 0.5) is 4.39 Å². The molecule has 0 bridgehead atoms. The Labute approximate surface area is 114 Å². The van der Waals surface area contributed by atoms with Crippen LogP contribution in [-0.4, -0.2) is 20.9 Å². The van der Waals surface area contributed by atoms with Gasteiger partial charge in [-0.1, -0.05) is 6.92 Å². The Kier molecular flexibility index (Phi) is 3.93. The molecule has 0 saturated heterocycles. The molecule has 0 aliphatic rings. The Hall–Kier alpha value is -2.50. The van der Waals surface area contributed by atoms with E-state index in [2.05, 4.69) is 5.10 Å². The third-order valence-corrected chi connectivity index (χ3v) is 2.93. The van der Waals surface area contributed by atoms with Crippen molar-refractivity contribution in [2.75, 3.05) is 0 Å². The van der Waals surface area contributed by atoms with Gasteiger partial charge < -0.3 is 5.11 Å². The van der Waals surface area contributed by atoms with Crippen molar-refractivity contribution in [3.63, 3.8) is 0 Å². The molecule has 1 aromatic heterocycles. The molecule has 2 aromatic rings. The average Bonchev–Trinajstić information content (AvgIpc) is 2.42. The lowest BCUT2D eigenvalue weighted by Gasteiger charge is -2.13. The van der Waals surface area contributed by atoms with E-state index in [-0.39, 0.29) is 12.2 Å². The first-order valence-electron chi connectivity index (χ1n) is 6.11. The zero-order chi connectivity index (χ0) is 14.7. The number of carbonyl (C=O) groups is 1. The highest BCUT2D eigenvalue weighted by molar-refractivity contribution is 5.71. The molecule has 1 N–H and O–H groups in total. The molecule has 0 spiro atoms. The number of hydrogen-bond donors (Lipinski definition) is 1. The van der Waals surface area contributed by atoms with E-state index in [0.717, 1.165) is 4.68 Å². The summed E-state index contributed by atoms with van der Waals surface area (Å²) >= 11 is 0. The van der Waals surface area contributed by atoms with Gasteiger partial charge in [-0.15, -0.1) is 0 Å². The Morgan fingerprint density at radius 3 is 2.50 bits per heavy atom. The van der Waals surface area contributed by atoms with Gasteiger partial charge >= 0.3 is 5.97 Å². The van der Waals surface area contributed by atoms with Crippen molar-refractivity contribution in [1.29, 1.82) is 0 Å². The van der Waals surface area contributed by atoms with E-state index in [1.165, 1.54) is 36.4 Å². The van der Waals surface area contributed by atoms with Crippen molar-refractivity contribution in [3.05, 3.63) is 52.6 Å². The quantitative estimate of drug-likeness (QED) is 0.928. The third-order valence-electron chi connectivity index (χ3n) is 2.93. The zero-order valence-corrected chi connectivity index (χ0v) is 10.8. The molecular formula is C14H13FN2O3. The topological polar surface area (TPSA) is 72.2 Å². The highest BCUT2D eigenvalue weighted by Gasteiger charge is 2.20. The van der Waals surface area contributed by atoms with Crippen LogP contribution in [0.15, 0.2) is 41.2 Å². The molecule has 0 radical (unpaired) electrons. The largest absolute Gasteiger partial charge is 0.480 e. The van der Waals surface area contributed by atoms with Crippen LogP contribution in [0.1, 0.15) is 19.4 Å². The first-order valence-corrected chi connectivity index (χ1v) is 6.11. The molecule has 20 heavy (non-hydrogen) atoms. The minimum Gasteiger partial charge on any atom is -0.480 e. The minimum atomic E-state index is -1.11. The lowest BCUT2D eigenvalue weighted by Crippen LogP contribution is -2.31. The lowest BCUT2D eigenvalue weighted by molar-refractivity contribution is -0.141. The van der Waals surface area contributed by atoms with Crippen LogP contribution in [0.25, 0.3) is 11.3 Å². The summed E-state index contributed by atoms with van der Waals surface area (Å²) in [7, 11) is 0. The van der Waals surface area contributed by atoms with Crippen LogP contribution >= 0.6 is 0 Å². The summed E-state index contributed by atoms with van der Waals surface area (Å²) in [5.41, 5.74) is 0.551.